The van der Waals surface area contributed by atoms with Crippen molar-refractivity contribution in [3.8, 4) is 6.07 Å². The van der Waals surface area contributed by atoms with Crippen LogP contribution < -0.4 is 0 Å². The lowest BCUT2D eigenvalue weighted by atomic mass is 9.99. The number of hydrogen-bond donors (Lipinski definition) is 1. The minimum Gasteiger partial charge on any atom is -0.289 e. The Hall–Kier alpha value is -2.19. The molecule has 2 heterocycles. The van der Waals surface area contributed by atoms with Gasteiger partial charge >= 0.3 is 0 Å². The van der Waals surface area contributed by atoms with Crippen molar-refractivity contribution in [1.82, 2.24) is 20.1 Å². The smallest absolute Gasteiger partial charge is 0.167 e. The van der Waals surface area contributed by atoms with Crippen LogP contribution in [0.5, 0.6) is 0 Å². The summed E-state index contributed by atoms with van der Waals surface area (Å²) < 4.78 is 0. The van der Waals surface area contributed by atoms with Crippen molar-refractivity contribution in [2.75, 3.05) is 6.54 Å². The van der Waals surface area contributed by atoms with Gasteiger partial charge in [0.05, 0.1) is 17.7 Å². The second kappa shape index (κ2) is 6.06. The maximum absolute atomic E-state index is 9.24. The van der Waals surface area contributed by atoms with Gasteiger partial charge in [-0.05, 0) is 37.9 Å². The SMILES string of the molecule is Cc1nc([C@H]2CCCCN2Cc2ccccc2C#N)n[nH]1. The minimum atomic E-state index is 0.246. The molecular formula is C16H19N5. The van der Waals surface area contributed by atoms with E-state index in [-0.39, 0.29) is 6.04 Å². The van der Waals surface area contributed by atoms with Gasteiger partial charge in [-0.3, -0.25) is 10.00 Å². The van der Waals surface area contributed by atoms with Gasteiger partial charge in [0.15, 0.2) is 5.82 Å². The summed E-state index contributed by atoms with van der Waals surface area (Å²) in [5.41, 5.74) is 1.84. The highest BCUT2D eigenvalue weighted by atomic mass is 15.3. The summed E-state index contributed by atoms with van der Waals surface area (Å²) in [6.07, 6.45) is 3.47. The maximum atomic E-state index is 9.24. The molecule has 0 radical (unpaired) electrons. The van der Waals surface area contributed by atoms with E-state index in [1.54, 1.807) is 0 Å². The molecule has 1 aliphatic heterocycles. The standard InChI is InChI=1S/C16H19N5/c1-12-18-16(20-19-12)15-8-4-5-9-21(15)11-14-7-3-2-6-13(14)10-17/h2-3,6-7,15H,4-5,8-9,11H2,1H3,(H,18,19,20)/t15-/m1/s1. The third-order valence-electron chi connectivity index (χ3n) is 4.04. The molecule has 0 unspecified atom stereocenters. The highest BCUT2D eigenvalue weighted by Gasteiger charge is 2.27. The Kier molecular flexibility index (Phi) is 3.98. The van der Waals surface area contributed by atoms with Crippen LogP contribution in [0.3, 0.4) is 0 Å². The molecule has 1 aromatic heterocycles. The van der Waals surface area contributed by atoms with Crippen LogP contribution in [0.2, 0.25) is 0 Å². The second-order valence-corrected chi connectivity index (χ2v) is 5.53. The molecule has 1 saturated heterocycles. The molecule has 0 bridgehead atoms. The summed E-state index contributed by atoms with van der Waals surface area (Å²) in [4.78, 5) is 6.89. The second-order valence-electron chi connectivity index (χ2n) is 5.53. The van der Waals surface area contributed by atoms with Crippen LogP contribution in [0.15, 0.2) is 24.3 Å². The van der Waals surface area contributed by atoms with E-state index < -0.39 is 0 Å². The molecule has 1 aliphatic rings. The summed E-state index contributed by atoms with van der Waals surface area (Å²) in [5, 5.41) is 16.5. The number of likely N-dealkylation sites (tertiary alicyclic amines) is 1. The topological polar surface area (TPSA) is 68.6 Å². The summed E-state index contributed by atoms with van der Waals surface area (Å²) >= 11 is 0. The first-order valence-electron chi connectivity index (χ1n) is 7.39. The molecule has 3 rings (SSSR count). The van der Waals surface area contributed by atoms with Gasteiger partial charge in [0, 0.05) is 6.54 Å². The molecule has 0 saturated carbocycles. The zero-order valence-corrected chi connectivity index (χ0v) is 12.2. The fourth-order valence-corrected chi connectivity index (χ4v) is 2.97. The van der Waals surface area contributed by atoms with E-state index in [9.17, 15) is 5.26 Å². The molecular weight excluding hydrogens is 262 g/mol. The largest absolute Gasteiger partial charge is 0.289 e. The number of hydrogen-bond acceptors (Lipinski definition) is 4. The molecule has 5 nitrogen and oxygen atoms in total. The van der Waals surface area contributed by atoms with Crippen molar-refractivity contribution in [3.63, 3.8) is 0 Å². The number of aromatic nitrogens is 3. The monoisotopic (exact) mass is 281 g/mol. The number of rotatable bonds is 3. The van der Waals surface area contributed by atoms with Gasteiger partial charge < -0.3 is 0 Å². The predicted octanol–water partition coefficient (Wildman–Crippen LogP) is 2.71. The number of nitrogens with one attached hydrogen (secondary N) is 1. The minimum absolute atomic E-state index is 0.246. The lowest BCUT2D eigenvalue weighted by molar-refractivity contribution is 0.134. The Morgan fingerprint density at radius 2 is 2.24 bits per heavy atom. The lowest BCUT2D eigenvalue weighted by Gasteiger charge is -2.34. The summed E-state index contributed by atoms with van der Waals surface area (Å²) in [6, 6.07) is 10.3. The number of nitrogens with zero attached hydrogens (tertiary/aromatic N) is 4. The van der Waals surface area contributed by atoms with Gasteiger partial charge in [0.1, 0.15) is 5.82 Å². The van der Waals surface area contributed by atoms with Crippen molar-refractivity contribution < 1.29 is 0 Å². The third-order valence-corrected chi connectivity index (χ3v) is 4.04. The molecule has 1 N–H and O–H groups in total. The molecule has 0 spiro atoms. The molecule has 108 valence electrons. The fraction of sp³-hybridized carbons (Fsp3) is 0.438. The maximum Gasteiger partial charge on any atom is 0.167 e. The van der Waals surface area contributed by atoms with Gasteiger partial charge in [-0.2, -0.15) is 10.4 Å². The first-order valence-corrected chi connectivity index (χ1v) is 7.39. The van der Waals surface area contributed by atoms with Gasteiger partial charge in [0.25, 0.3) is 0 Å². The molecule has 2 aromatic rings. The van der Waals surface area contributed by atoms with Crippen LogP contribution in [0.4, 0.5) is 0 Å². The van der Waals surface area contributed by atoms with Gasteiger partial charge in [-0.15, -0.1) is 0 Å². The van der Waals surface area contributed by atoms with Gasteiger partial charge in [0.2, 0.25) is 0 Å². The van der Waals surface area contributed by atoms with E-state index in [0.29, 0.717) is 0 Å². The molecule has 5 heteroatoms. The van der Waals surface area contributed by atoms with Crippen LogP contribution in [-0.2, 0) is 6.54 Å². The lowest BCUT2D eigenvalue weighted by Crippen LogP contribution is -2.33. The average molecular weight is 281 g/mol. The molecule has 1 aromatic carbocycles. The molecule has 1 fully saturated rings. The van der Waals surface area contributed by atoms with Crippen molar-refractivity contribution in [3.05, 3.63) is 47.0 Å². The van der Waals surface area contributed by atoms with Crippen LogP contribution in [0.1, 0.15) is 48.1 Å². The fourth-order valence-electron chi connectivity index (χ4n) is 2.97. The summed E-state index contributed by atoms with van der Waals surface area (Å²) in [6.45, 7) is 3.73. The van der Waals surface area contributed by atoms with Crippen molar-refractivity contribution >= 4 is 0 Å². The number of benzene rings is 1. The Morgan fingerprint density at radius 1 is 1.38 bits per heavy atom. The van der Waals surface area contributed by atoms with E-state index >= 15 is 0 Å². The van der Waals surface area contributed by atoms with Gasteiger partial charge in [-0.1, -0.05) is 24.6 Å². The number of aromatic amines is 1. The normalized spacial score (nSPS) is 19.3. The van der Waals surface area contributed by atoms with Crippen LogP contribution >= 0.6 is 0 Å². The third kappa shape index (κ3) is 2.96. The quantitative estimate of drug-likeness (QED) is 0.939. The molecule has 0 aliphatic carbocycles. The van der Waals surface area contributed by atoms with E-state index in [1.807, 2.05) is 31.2 Å². The van der Waals surface area contributed by atoms with E-state index in [4.69, 9.17) is 0 Å². The van der Waals surface area contributed by atoms with Crippen molar-refractivity contribution in [2.45, 2.75) is 38.8 Å². The Morgan fingerprint density at radius 3 is 3.00 bits per heavy atom. The van der Waals surface area contributed by atoms with Crippen LogP contribution in [0, 0.1) is 18.3 Å². The summed E-state index contributed by atoms with van der Waals surface area (Å²) in [5.74, 6) is 1.73. The Bertz CT molecular complexity index is 655. The summed E-state index contributed by atoms with van der Waals surface area (Å²) in [7, 11) is 0. The van der Waals surface area contributed by atoms with Crippen molar-refractivity contribution in [1.29, 1.82) is 5.26 Å². The zero-order valence-electron chi connectivity index (χ0n) is 12.2. The number of H-pyrrole nitrogens is 1. The first-order chi connectivity index (χ1) is 10.3. The molecule has 0 amide bonds. The highest BCUT2D eigenvalue weighted by molar-refractivity contribution is 5.37. The number of nitriles is 1. The van der Waals surface area contributed by atoms with E-state index in [1.165, 1.54) is 12.8 Å². The van der Waals surface area contributed by atoms with Crippen molar-refractivity contribution in [2.24, 2.45) is 0 Å². The zero-order chi connectivity index (χ0) is 14.7. The molecule has 1 atom stereocenters. The average Bonchev–Trinajstić information content (AvgIpc) is 2.95. The van der Waals surface area contributed by atoms with Gasteiger partial charge in [-0.25, -0.2) is 4.98 Å². The highest BCUT2D eigenvalue weighted by Crippen LogP contribution is 2.30. The van der Waals surface area contributed by atoms with E-state index in [0.717, 1.165) is 42.3 Å². The number of aryl methyl sites for hydroxylation is 1. The van der Waals surface area contributed by atoms with Crippen LogP contribution in [-0.4, -0.2) is 26.6 Å². The number of piperidine rings is 1. The van der Waals surface area contributed by atoms with E-state index in [2.05, 4.69) is 26.2 Å². The molecule has 21 heavy (non-hydrogen) atoms. The van der Waals surface area contributed by atoms with Crippen LogP contribution in [0.25, 0.3) is 0 Å². The predicted molar refractivity (Wildman–Crippen MR) is 79.3 cm³/mol. The first kappa shape index (κ1) is 13.8. The Labute approximate surface area is 124 Å². The Balaban J connectivity index is 1.83.